The number of benzene rings is 5. The van der Waals surface area contributed by atoms with Gasteiger partial charge in [-0.3, -0.25) is 0 Å². The molecule has 6 heteroatoms. The molecule has 0 saturated carbocycles. The Morgan fingerprint density at radius 3 is 2.08 bits per heavy atom. The number of rotatable bonds is 4. The van der Waals surface area contributed by atoms with Crippen LogP contribution >= 0.6 is 47.8 Å². The standard InChI is InChI=1S/C30H20Br3N3/c31-20-10-13-29-25(15-20)24-6-1-2-7-28(24)36(29)23-5-3-4-19(14-23)18-8-11-21(12-9-18)35-22-16-26(32)30(34)27(33)17-22/h1-17,35H,34H2. The van der Waals surface area contributed by atoms with Crippen molar-refractivity contribution in [1.29, 1.82) is 0 Å². The van der Waals surface area contributed by atoms with Crippen LogP contribution in [0.2, 0.25) is 0 Å². The molecule has 0 atom stereocenters. The summed E-state index contributed by atoms with van der Waals surface area (Å²) in [4.78, 5) is 0. The van der Waals surface area contributed by atoms with Gasteiger partial charge in [-0.1, -0.05) is 58.4 Å². The highest BCUT2D eigenvalue weighted by Gasteiger charge is 2.13. The number of para-hydroxylation sites is 1. The van der Waals surface area contributed by atoms with Crippen LogP contribution in [0, 0.1) is 0 Å². The largest absolute Gasteiger partial charge is 0.397 e. The minimum atomic E-state index is 0.687. The lowest BCUT2D eigenvalue weighted by molar-refractivity contribution is 1.18. The Morgan fingerprint density at radius 1 is 0.583 bits per heavy atom. The van der Waals surface area contributed by atoms with Gasteiger partial charge in [0.25, 0.3) is 0 Å². The minimum absolute atomic E-state index is 0.687. The van der Waals surface area contributed by atoms with Crippen molar-refractivity contribution >= 4 is 86.7 Å². The predicted octanol–water partition coefficient (Wildman–Crippen LogP) is 10.1. The van der Waals surface area contributed by atoms with Gasteiger partial charge in [-0.15, -0.1) is 0 Å². The first kappa shape index (κ1) is 23.3. The molecule has 0 radical (unpaired) electrons. The summed E-state index contributed by atoms with van der Waals surface area (Å²) in [5.41, 5.74) is 14.5. The lowest BCUT2D eigenvalue weighted by atomic mass is 10.0. The van der Waals surface area contributed by atoms with Gasteiger partial charge in [0, 0.05) is 41.3 Å². The molecule has 0 aliphatic rings. The molecule has 0 saturated heterocycles. The lowest BCUT2D eigenvalue weighted by Crippen LogP contribution is -1.95. The highest BCUT2D eigenvalue weighted by Crippen LogP contribution is 2.36. The Labute approximate surface area is 234 Å². The van der Waals surface area contributed by atoms with Crippen LogP contribution in [0.5, 0.6) is 0 Å². The van der Waals surface area contributed by atoms with E-state index in [-0.39, 0.29) is 0 Å². The van der Waals surface area contributed by atoms with Crippen molar-refractivity contribution in [3.05, 3.63) is 117 Å². The van der Waals surface area contributed by atoms with Crippen LogP contribution in [0.1, 0.15) is 0 Å². The van der Waals surface area contributed by atoms with Gasteiger partial charge in [0.15, 0.2) is 0 Å². The maximum Gasteiger partial charge on any atom is 0.0604 e. The zero-order chi connectivity index (χ0) is 24.8. The fraction of sp³-hybridized carbons (Fsp3) is 0. The molecule has 0 unspecified atom stereocenters. The molecule has 1 heterocycles. The Balaban J connectivity index is 1.37. The van der Waals surface area contributed by atoms with Gasteiger partial charge in [-0.05, 0) is 104 Å². The van der Waals surface area contributed by atoms with Gasteiger partial charge >= 0.3 is 0 Å². The van der Waals surface area contributed by atoms with Crippen LogP contribution in [0.25, 0.3) is 38.6 Å². The fourth-order valence-corrected chi connectivity index (χ4v) is 6.16. The van der Waals surface area contributed by atoms with E-state index in [1.54, 1.807) is 0 Å². The molecule has 6 aromatic rings. The zero-order valence-corrected chi connectivity index (χ0v) is 23.7. The third kappa shape index (κ3) is 4.23. The number of hydrogen-bond acceptors (Lipinski definition) is 2. The molecular formula is C30H20Br3N3. The summed E-state index contributed by atoms with van der Waals surface area (Å²) in [6.07, 6.45) is 0. The molecule has 0 amide bonds. The Kier molecular flexibility index (Phi) is 6.12. The third-order valence-corrected chi connectivity index (χ3v) is 8.13. The summed E-state index contributed by atoms with van der Waals surface area (Å²) >= 11 is 10.7. The molecule has 0 fully saturated rings. The first-order chi connectivity index (χ1) is 17.5. The van der Waals surface area contributed by atoms with E-state index >= 15 is 0 Å². The molecule has 1 aromatic heterocycles. The summed E-state index contributed by atoms with van der Waals surface area (Å²) in [6, 6.07) is 36.2. The normalized spacial score (nSPS) is 11.3. The van der Waals surface area contributed by atoms with Gasteiger partial charge in [0.05, 0.1) is 16.7 Å². The number of nitrogens with zero attached hydrogens (tertiary/aromatic N) is 1. The number of nitrogens with two attached hydrogens (primary N) is 1. The molecule has 5 aromatic carbocycles. The number of aromatic nitrogens is 1. The van der Waals surface area contributed by atoms with Crippen molar-refractivity contribution in [3.8, 4) is 16.8 Å². The second kappa shape index (κ2) is 9.43. The number of nitrogen functional groups attached to an aromatic ring is 1. The SMILES string of the molecule is Nc1c(Br)cc(Nc2ccc(-c3cccc(-n4c5ccccc5c5cc(Br)ccc54)c3)cc2)cc1Br. The van der Waals surface area contributed by atoms with E-state index in [4.69, 9.17) is 5.73 Å². The fourth-order valence-electron chi connectivity index (χ4n) is 4.62. The maximum absolute atomic E-state index is 6.02. The topological polar surface area (TPSA) is 43.0 Å². The number of fused-ring (bicyclic) bond motifs is 3. The predicted molar refractivity (Wildman–Crippen MR) is 163 cm³/mol. The number of nitrogens with one attached hydrogen (secondary N) is 1. The Bertz CT molecular complexity index is 1730. The molecule has 0 aliphatic carbocycles. The quantitative estimate of drug-likeness (QED) is 0.185. The second-order valence-electron chi connectivity index (χ2n) is 8.62. The van der Waals surface area contributed by atoms with Gasteiger partial charge in [0.1, 0.15) is 0 Å². The summed E-state index contributed by atoms with van der Waals surface area (Å²) in [5.74, 6) is 0. The van der Waals surface area contributed by atoms with Gasteiger partial charge in [0.2, 0.25) is 0 Å². The van der Waals surface area contributed by atoms with Crippen molar-refractivity contribution in [2.75, 3.05) is 11.1 Å². The highest BCUT2D eigenvalue weighted by atomic mass is 79.9. The molecule has 0 aliphatic heterocycles. The molecule has 3 N–H and O–H groups in total. The Hall–Kier alpha value is -3.06. The van der Waals surface area contributed by atoms with Crippen LogP contribution in [-0.2, 0) is 0 Å². The lowest BCUT2D eigenvalue weighted by Gasteiger charge is -2.12. The maximum atomic E-state index is 6.02. The number of hydrogen-bond donors (Lipinski definition) is 2. The summed E-state index contributed by atoms with van der Waals surface area (Å²) in [6.45, 7) is 0. The Morgan fingerprint density at radius 2 is 1.31 bits per heavy atom. The van der Waals surface area contributed by atoms with Gasteiger partial charge in [-0.2, -0.15) is 0 Å². The van der Waals surface area contributed by atoms with Crippen molar-refractivity contribution in [1.82, 2.24) is 4.57 Å². The highest BCUT2D eigenvalue weighted by molar-refractivity contribution is 9.11. The monoisotopic (exact) mass is 659 g/mol. The van der Waals surface area contributed by atoms with Crippen molar-refractivity contribution in [2.45, 2.75) is 0 Å². The molecule has 176 valence electrons. The van der Waals surface area contributed by atoms with Crippen LogP contribution in [0.3, 0.4) is 0 Å². The van der Waals surface area contributed by atoms with E-state index in [1.165, 1.54) is 27.4 Å². The summed E-state index contributed by atoms with van der Waals surface area (Å²) < 4.78 is 5.13. The van der Waals surface area contributed by atoms with E-state index in [0.29, 0.717) is 5.69 Å². The van der Waals surface area contributed by atoms with Crippen LogP contribution < -0.4 is 11.1 Å². The second-order valence-corrected chi connectivity index (χ2v) is 11.2. The van der Waals surface area contributed by atoms with Crippen LogP contribution in [0.4, 0.5) is 17.1 Å². The molecule has 0 bridgehead atoms. The third-order valence-electron chi connectivity index (χ3n) is 6.32. The van der Waals surface area contributed by atoms with Crippen molar-refractivity contribution in [3.63, 3.8) is 0 Å². The van der Waals surface area contributed by atoms with E-state index in [1.807, 2.05) is 12.1 Å². The summed E-state index contributed by atoms with van der Waals surface area (Å²) in [7, 11) is 0. The van der Waals surface area contributed by atoms with E-state index in [2.05, 4.69) is 149 Å². The first-order valence-corrected chi connectivity index (χ1v) is 13.8. The van der Waals surface area contributed by atoms with Crippen LogP contribution in [0.15, 0.2) is 117 Å². The van der Waals surface area contributed by atoms with E-state index in [0.717, 1.165) is 36.0 Å². The zero-order valence-electron chi connectivity index (χ0n) is 19.0. The van der Waals surface area contributed by atoms with Crippen molar-refractivity contribution < 1.29 is 0 Å². The summed E-state index contributed by atoms with van der Waals surface area (Å²) in [5, 5.41) is 5.93. The van der Waals surface area contributed by atoms with E-state index in [9.17, 15) is 0 Å². The molecular weight excluding hydrogens is 642 g/mol. The average Bonchev–Trinajstić information content (AvgIpc) is 3.21. The number of anilines is 3. The average molecular weight is 662 g/mol. The number of halogens is 3. The molecule has 6 rings (SSSR count). The molecule has 3 nitrogen and oxygen atoms in total. The van der Waals surface area contributed by atoms with Crippen molar-refractivity contribution in [2.24, 2.45) is 0 Å². The molecule has 36 heavy (non-hydrogen) atoms. The van der Waals surface area contributed by atoms with Gasteiger partial charge in [-0.25, -0.2) is 0 Å². The molecule has 0 spiro atoms. The first-order valence-electron chi connectivity index (χ1n) is 11.4. The minimum Gasteiger partial charge on any atom is -0.397 e. The van der Waals surface area contributed by atoms with Crippen LogP contribution in [-0.4, -0.2) is 4.57 Å². The van der Waals surface area contributed by atoms with Gasteiger partial charge < -0.3 is 15.6 Å². The van der Waals surface area contributed by atoms with E-state index < -0.39 is 0 Å². The smallest absolute Gasteiger partial charge is 0.0604 e.